The second-order valence-electron chi connectivity index (χ2n) is 39.4. The van der Waals surface area contributed by atoms with Crippen LogP contribution in [-0.4, -0.2) is 141 Å². The number of nitrogens with one attached hydrogen (secondary N) is 3. The number of carbonyl (C=O) groups excluding carboxylic acids is 5. The number of carbonyl (C=O) groups is 5. The van der Waals surface area contributed by atoms with Gasteiger partial charge in [0.25, 0.3) is 0 Å². The molecule has 2 atom stereocenters. The SMILES string of the molecule is C=C(CCNC(=O)OC(C)(C)C)c1cccc(CCC(O)(CCC)CCC)c1.CCCC(O)(CCC)CCc1cccc(C(=O)CCNC(=O)OC(C)(C)C)c1.CCCC(O)(CCC)CCc1cccc(C(C)CCN)c1.CCCC(O)(CCC)CCc1cccc(C(C)CCNC(=O)OC(C)(C)C)c1.CCO.CCOC(C)=O.CP(Br)(c1ccccc1)(c1ccccc1)c1ccccc1.Cl. The summed E-state index contributed by atoms with van der Waals surface area (Å²) in [7, 11) is 0. The Morgan fingerprint density at radius 2 is 0.669 bits per heavy atom. The number of Topliss-reactive ketones (excluding diaryl/α,β-unsaturated/α-hetero) is 1. The molecule has 0 aliphatic heterocycles. The fraction of sp³-hybridized carbons (Fsp3) is 0.574. The van der Waals surface area contributed by atoms with Gasteiger partial charge in [0.2, 0.25) is 0 Å². The van der Waals surface area contributed by atoms with Crippen molar-refractivity contribution in [2.24, 2.45) is 5.73 Å². The Kier molecular flexibility index (Phi) is 63.6. The molecule has 0 aliphatic rings. The summed E-state index contributed by atoms with van der Waals surface area (Å²) in [6.07, 6.45) is 23.0. The molecule has 0 fully saturated rings. The van der Waals surface area contributed by atoms with Crippen molar-refractivity contribution < 1.29 is 68.5 Å². The van der Waals surface area contributed by atoms with Gasteiger partial charge in [-0.2, -0.15) is 0 Å². The fourth-order valence-electron chi connectivity index (χ4n) is 16.5. The van der Waals surface area contributed by atoms with E-state index in [0.29, 0.717) is 49.9 Å². The van der Waals surface area contributed by atoms with Gasteiger partial charge in [0, 0.05) is 45.1 Å². The van der Waals surface area contributed by atoms with Crippen molar-refractivity contribution in [1.29, 1.82) is 0 Å². The quantitative estimate of drug-likeness (QED) is 0.00742. The molecular formula is C115H183BrClN4O14P. The third-order valence-electron chi connectivity index (χ3n) is 23.3. The van der Waals surface area contributed by atoms with Crippen LogP contribution >= 0.6 is 33.2 Å². The monoisotopic (exact) mass is 1990 g/mol. The summed E-state index contributed by atoms with van der Waals surface area (Å²) in [6, 6.07) is 65.6. The standard InChI is InChI=1S/C24H41NO3.C24H39NO3.C23H37NO4.C19H18BrP.C19H33NO.C4H8O2.C2H6O.ClH/c2*1-7-14-24(27,15-8-2)16-12-20-10-9-11-21(18-20)19(3)13-17-25-22(26)28-23(4,5)6;1-6-13-23(27,14-7-2)15-11-18-9-8-10-19(17-18)20(25)12-16-24-21(26)28-22(3,4)5;1-21(20,17-11-5-2-6-12-17,18-13-7-3-8-14-18)19-15-9-4-10-16-19;1-4-11-19(21,12-5-2)13-9-17-7-6-8-18(15-17)16(3)10-14-20;1-3-6-4(2)5;1-2-3;/h9-11,18-19,27H,7-8,12-17H2,1-6H3,(H,25,26);9-11,18,27H,3,7-8,12-17H2,1-2,4-6H3,(H,25,26);8-10,17,27H,6-7,11-16H2,1-5H3,(H,24,26);2-16H,1H3;6-8,15-16,21H,4-5,9-14,20H2,1-3H3;3H2,1-2H3;3H,2H2,1H3;1H. The van der Waals surface area contributed by atoms with Crippen LogP contribution in [0.2, 0.25) is 0 Å². The van der Waals surface area contributed by atoms with Gasteiger partial charge in [-0.15, -0.1) is 12.4 Å². The number of hydrogen-bond donors (Lipinski definition) is 9. The van der Waals surface area contributed by atoms with E-state index >= 15 is 0 Å². The Morgan fingerprint density at radius 3 is 0.949 bits per heavy atom. The van der Waals surface area contributed by atoms with Gasteiger partial charge in [-0.25, -0.2) is 14.4 Å². The Balaban J connectivity index is 0.00000164. The molecule has 0 aliphatic carbocycles. The largest absolute Gasteiger partial charge is 0.147 e. The average molecular weight is 1990 g/mol. The van der Waals surface area contributed by atoms with E-state index in [9.17, 15) is 44.4 Å². The first-order valence-corrected chi connectivity index (χ1v) is 55.0. The van der Waals surface area contributed by atoms with Gasteiger partial charge in [-0.05, 0) is 267 Å². The summed E-state index contributed by atoms with van der Waals surface area (Å²) in [5.74, 6) is 0.632. The summed E-state index contributed by atoms with van der Waals surface area (Å²) in [4.78, 5) is 57.4. The number of aryl methyl sites for hydroxylation is 4. The van der Waals surface area contributed by atoms with E-state index in [1.54, 1.807) is 40.7 Å². The molecule has 0 saturated heterocycles. The number of aliphatic hydroxyl groups is 5. The molecule has 7 aromatic carbocycles. The number of benzene rings is 7. The van der Waals surface area contributed by atoms with Crippen LogP contribution in [0, 0.1) is 0 Å². The molecule has 0 aromatic heterocycles. The van der Waals surface area contributed by atoms with Gasteiger partial charge in [-0.1, -0.05) is 218 Å². The molecule has 136 heavy (non-hydrogen) atoms. The zero-order valence-corrected chi connectivity index (χ0v) is 91.3. The Hall–Kier alpha value is -7.81. The molecule has 0 spiro atoms. The van der Waals surface area contributed by atoms with E-state index in [2.05, 4.69) is 270 Å². The first kappa shape index (κ1) is 128. The minimum Gasteiger partial charge on any atom is -0.147 e. The molecule has 3 amide bonds. The molecule has 0 heterocycles. The predicted molar refractivity (Wildman–Crippen MR) is 581 cm³/mol. The number of aliphatic hydroxyl groups excluding tert-OH is 1. The minimum absolute atomic E-state index is 0. The van der Waals surface area contributed by atoms with Crippen molar-refractivity contribution in [3.05, 3.63) is 239 Å². The van der Waals surface area contributed by atoms with Gasteiger partial charge >= 0.3 is 159 Å². The van der Waals surface area contributed by atoms with Gasteiger partial charge in [-0.3, -0.25) is 9.59 Å². The van der Waals surface area contributed by atoms with Crippen LogP contribution in [0.4, 0.5) is 14.4 Å². The zero-order valence-electron chi connectivity index (χ0n) is 88.0. The van der Waals surface area contributed by atoms with Crippen molar-refractivity contribution >= 4 is 84.7 Å². The van der Waals surface area contributed by atoms with Crippen molar-refractivity contribution in [2.45, 2.75) is 383 Å². The fourth-order valence-corrected chi connectivity index (χ4v) is 22.2. The first-order chi connectivity index (χ1) is 63.6. The van der Waals surface area contributed by atoms with Crippen LogP contribution in [0.3, 0.4) is 0 Å². The Labute approximate surface area is 837 Å². The van der Waals surface area contributed by atoms with Crippen molar-refractivity contribution in [3.8, 4) is 0 Å². The predicted octanol–water partition coefficient (Wildman–Crippen LogP) is 26.7. The van der Waals surface area contributed by atoms with Crippen LogP contribution in [0.25, 0.3) is 5.57 Å². The molecule has 0 saturated carbocycles. The summed E-state index contributed by atoms with van der Waals surface area (Å²) in [5, 5.41) is 60.4. The second kappa shape index (κ2) is 67.5. The summed E-state index contributed by atoms with van der Waals surface area (Å²) in [5.41, 5.74) is 12.1. The molecule has 2 unspecified atom stereocenters. The van der Waals surface area contributed by atoms with Crippen LogP contribution in [-0.2, 0) is 49.4 Å². The van der Waals surface area contributed by atoms with Crippen LogP contribution in [0.1, 0.15) is 368 Å². The van der Waals surface area contributed by atoms with E-state index in [-0.39, 0.29) is 49.8 Å². The van der Waals surface area contributed by atoms with Gasteiger partial charge < -0.3 is 66.2 Å². The summed E-state index contributed by atoms with van der Waals surface area (Å²) >= 11 is 4.24. The maximum atomic E-state index is 12.4. The van der Waals surface area contributed by atoms with Gasteiger partial charge in [0.05, 0.1) is 29.0 Å². The maximum Gasteiger partial charge on any atom is -0.147 e. The van der Waals surface area contributed by atoms with E-state index in [1.807, 2.05) is 71.9 Å². The number of esters is 1. The minimum atomic E-state index is -2.56. The molecule has 7 aromatic rings. The molecule has 7 rings (SSSR count). The first-order valence-electron chi connectivity index (χ1n) is 50.3. The molecular weight excluding hydrogens is 1810 g/mol. The molecule has 18 nitrogen and oxygen atoms in total. The number of nitrogens with two attached hydrogens (primary N) is 1. The van der Waals surface area contributed by atoms with Crippen molar-refractivity contribution in [1.82, 2.24) is 16.0 Å². The van der Waals surface area contributed by atoms with E-state index in [1.165, 1.54) is 50.7 Å². The molecule has 21 heteroatoms. The Bertz CT molecular complexity index is 4180. The van der Waals surface area contributed by atoms with Crippen LogP contribution < -0.4 is 37.6 Å². The molecule has 10 N–H and O–H groups in total. The zero-order chi connectivity index (χ0) is 102. The van der Waals surface area contributed by atoms with E-state index < -0.39 is 56.7 Å². The van der Waals surface area contributed by atoms with Gasteiger partial charge in [0.1, 0.15) is 16.8 Å². The van der Waals surface area contributed by atoms with E-state index in [0.717, 1.165) is 184 Å². The number of ketones is 1. The third-order valence-corrected chi connectivity index (χ3v) is 31.5. The molecule has 0 bridgehead atoms. The molecule has 0 radical (unpaired) electrons. The number of halogens is 2. The van der Waals surface area contributed by atoms with Gasteiger partial charge in [0.15, 0.2) is 5.78 Å². The van der Waals surface area contributed by atoms with E-state index in [4.69, 9.17) is 25.1 Å². The average Bonchev–Trinajstić information content (AvgIpc) is 0.717. The number of rotatable bonds is 47. The maximum absolute atomic E-state index is 12.4. The number of hydrogen-bond acceptors (Lipinski definition) is 15. The van der Waals surface area contributed by atoms with Crippen LogP contribution in [0.5, 0.6) is 0 Å². The number of amides is 3. The summed E-state index contributed by atoms with van der Waals surface area (Å²) in [6.45, 7) is 52.1. The topological polar surface area (TPSA) is 286 Å². The molecule has 766 valence electrons. The number of ether oxygens (including phenoxy) is 4. The van der Waals surface area contributed by atoms with Crippen molar-refractivity contribution in [2.75, 3.05) is 46.1 Å². The second-order valence-corrected chi connectivity index (χ2v) is 49.2. The van der Waals surface area contributed by atoms with Crippen LogP contribution in [0.15, 0.2) is 195 Å². The Morgan fingerprint density at radius 1 is 0.397 bits per heavy atom. The van der Waals surface area contributed by atoms with Crippen molar-refractivity contribution in [3.63, 3.8) is 0 Å². The number of alkyl carbamates (subject to hydrolysis) is 3. The third kappa shape index (κ3) is 54.1. The summed E-state index contributed by atoms with van der Waals surface area (Å²) < 4.78 is 20.1. The normalized spacial score (nSPS) is 12.2. The smallest absolute Gasteiger partial charge is 0.147 e.